The summed E-state index contributed by atoms with van der Waals surface area (Å²) in [6, 6.07) is -0.895. The number of carbonyl (C=O) groups excluding carboxylic acids is 1. The molecule has 16 heavy (non-hydrogen) atoms. The highest BCUT2D eigenvalue weighted by Gasteiger charge is 2.21. The Hall–Kier alpha value is -0.200. The molecule has 1 unspecified atom stereocenters. The highest BCUT2D eigenvalue weighted by molar-refractivity contribution is 7.81. The van der Waals surface area contributed by atoms with E-state index in [1.54, 1.807) is 0 Å². The number of rotatable bonds is 8. The Balaban J connectivity index is 4.08. The molecule has 0 aromatic heterocycles. The van der Waals surface area contributed by atoms with E-state index in [1.165, 1.54) is 0 Å². The number of thiol groups is 2. The lowest BCUT2D eigenvalue weighted by atomic mass is 9.93. The van der Waals surface area contributed by atoms with Gasteiger partial charge in [-0.25, -0.2) is 0 Å². The number of ketones is 1. The summed E-state index contributed by atoms with van der Waals surface area (Å²) in [6.45, 7) is 1.83. The number of carboxylic acids is 1. The fourth-order valence-corrected chi connectivity index (χ4v) is 2.26. The second-order valence-corrected chi connectivity index (χ2v) is 4.75. The molecule has 0 aromatic carbocycles. The molecule has 0 saturated carbocycles. The van der Waals surface area contributed by atoms with Gasteiger partial charge in [0.15, 0.2) is 0 Å². The molecule has 0 aliphatic rings. The van der Waals surface area contributed by atoms with E-state index in [0.29, 0.717) is 24.3 Å². The van der Waals surface area contributed by atoms with Crippen molar-refractivity contribution in [1.82, 2.24) is 0 Å². The number of nitrogens with two attached hydrogens (primary N) is 1. The van der Waals surface area contributed by atoms with Gasteiger partial charge in [-0.2, -0.15) is 25.3 Å². The molecule has 0 spiro atoms. The molecule has 0 fully saturated rings. The Morgan fingerprint density at radius 1 is 1.31 bits per heavy atom. The van der Waals surface area contributed by atoms with Gasteiger partial charge in [0.2, 0.25) is 0 Å². The van der Waals surface area contributed by atoms with Crippen molar-refractivity contribution in [3.63, 3.8) is 0 Å². The third-order valence-electron chi connectivity index (χ3n) is 2.42. The number of Topliss-reactive ketones (excluding diaryl/α,β-unsaturated/α-hetero) is 1. The van der Waals surface area contributed by atoms with Crippen molar-refractivity contribution >= 4 is 37.0 Å². The molecule has 2 atom stereocenters. The van der Waals surface area contributed by atoms with Crippen LogP contribution in [-0.4, -0.2) is 34.4 Å². The molecule has 3 N–H and O–H groups in total. The number of carboxylic acid groups (broad SMARTS) is 1. The van der Waals surface area contributed by atoms with Crippen molar-refractivity contribution in [2.45, 2.75) is 25.8 Å². The van der Waals surface area contributed by atoms with Crippen LogP contribution in [0.5, 0.6) is 0 Å². The molecule has 0 aromatic rings. The van der Waals surface area contributed by atoms with Gasteiger partial charge in [-0.15, -0.1) is 0 Å². The summed E-state index contributed by atoms with van der Waals surface area (Å²) >= 11 is 8.14. The van der Waals surface area contributed by atoms with Crippen LogP contribution in [0.15, 0.2) is 0 Å². The van der Waals surface area contributed by atoms with E-state index in [4.69, 9.17) is 10.8 Å². The van der Waals surface area contributed by atoms with E-state index < -0.39 is 12.0 Å². The summed E-state index contributed by atoms with van der Waals surface area (Å²) < 4.78 is 0. The molecule has 0 amide bonds. The quantitative estimate of drug-likeness (QED) is 0.491. The first-order valence-electron chi connectivity index (χ1n) is 5.15. The second-order valence-electron chi connectivity index (χ2n) is 4.02. The molecule has 0 heterocycles. The van der Waals surface area contributed by atoms with Gasteiger partial charge < -0.3 is 10.8 Å². The molecule has 94 valence electrons. The Morgan fingerprint density at radius 3 is 2.19 bits per heavy atom. The van der Waals surface area contributed by atoms with Crippen molar-refractivity contribution in [3.05, 3.63) is 0 Å². The summed E-state index contributed by atoms with van der Waals surface area (Å²) in [6.07, 6.45) is 0.652. The molecule has 4 nitrogen and oxygen atoms in total. The molecule has 0 rings (SSSR count). The molecular weight excluding hydrogens is 246 g/mol. The normalized spacial score (nSPS) is 14.8. The lowest BCUT2D eigenvalue weighted by Gasteiger charge is -2.16. The monoisotopic (exact) mass is 265 g/mol. The second kappa shape index (κ2) is 7.97. The van der Waals surface area contributed by atoms with Gasteiger partial charge in [-0.3, -0.25) is 9.59 Å². The third kappa shape index (κ3) is 5.77. The number of carbonyl (C=O) groups is 2. The molecule has 0 bridgehead atoms. The first kappa shape index (κ1) is 15.8. The van der Waals surface area contributed by atoms with Crippen LogP contribution in [0.2, 0.25) is 0 Å². The highest BCUT2D eigenvalue weighted by atomic mass is 32.1. The zero-order valence-electron chi connectivity index (χ0n) is 9.30. The summed E-state index contributed by atoms with van der Waals surface area (Å²) in [5.74, 6) is -0.189. The Morgan fingerprint density at radius 2 is 1.81 bits per heavy atom. The minimum atomic E-state index is -1.03. The Bertz CT molecular complexity index is 244. The first-order valence-corrected chi connectivity index (χ1v) is 6.41. The van der Waals surface area contributed by atoms with Crippen LogP contribution in [0.4, 0.5) is 0 Å². The Kier molecular flexibility index (Phi) is 7.87. The average molecular weight is 265 g/mol. The van der Waals surface area contributed by atoms with E-state index in [2.05, 4.69) is 25.3 Å². The van der Waals surface area contributed by atoms with Gasteiger partial charge in [0.1, 0.15) is 11.8 Å². The van der Waals surface area contributed by atoms with E-state index in [1.807, 2.05) is 6.92 Å². The van der Waals surface area contributed by atoms with Crippen LogP contribution in [0.1, 0.15) is 19.8 Å². The largest absolute Gasteiger partial charge is 0.480 e. The highest BCUT2D eigenvalue weighted by Crippen LogP contribution is 2.15. The molecule has 0 radical (unpaired) electrons. The average Bonchev–Trinajstić information content (AvgIpc) is 2.18. The van der Waals surface area contributed by atoms with Gasteiger partial charge in [0.05, 0.1) is 0 Å². The fourth-order valence-electron chi connectivity index (χ4n) is 1.39. The van der Waals surface area contributed by atoms with Crippen LogP contribution >= 0.6 is 25.3 Å². The zero-order chi connectivity index (χ0) is 12.7. The van der Waals surface area contributed by atoms with E-state index in [-0.39, 0.29) is 17.6 Å². The molecule has 6 heteroatoms. The van der Waals surface area contributed by atoms with Gasteiger partial charge in [-0.1, -0.05) is 6.92 Å². The maximum atomic E-state index is 11.7. The number of hydrogen-bond acceptors (Lipinski definition) is 5. The van der Waals surface area contributed by atoms with E-state index >= 15 is 0 Å². The van der Waals surface area contributed by atoms with Crippen molar-refractivity contribution in [2.24, 2.45) is 17.6 Å². The molecular formula is C10H19NO3S2. The van der Waals surface area contributed by atoms with Crippen molar-refractivity contribution in [3.8, 4) is 0 Å². The van der Waals surface area contributed by atoms with Crippen molar-refractivity contribution in [1.29, 1.82) is 0 Å². The molecule has 0 saturated heterocycles. The zero-order valence-corrected chi connectivity index (χ0v) is 11.1. The predicted molar refractivity (Wildman–Crippen MR) is 70.2 cm³/mol. The van der Waals surface area contributed by atoms with Crippen LogP contribution in [-0.2, 0) is 9.59 Å². The predicted octanol–water partition coefficient (Wildman–Crippen LogP) is 0.859. The van der Waals surface area contributed by atoms with Crippen LogP contribution in [0, 0.1) is 11.8 Å². The van der Waals surface area contributed by atoms with Crippen LogP contribution in [0.3, 0.4) is 0 Å². The maximum absolute atomic E-state index is 11.7. The van der Waals surface area contributed by atoms with E-state index in [9.17, 15) is 9.59 Å². The van der Waals surface area contributed by atoms with Crippen molar-refractivity contribution < 1.29 is 14.7 Å². The molecule has 0 aliphatic carbocycles. The maximum Gasteiger partial charge on any atom is 0.320 e. The van der Waals surface area contributed by atoms with Gasteiger partial charge >= 0.3 is 5.97 Å². The molecule has 0 aliphatic heterocycles. The minimum absolute atomic E-state index is 0.0270. The van der Waals surface area contributed by atoms with Crippen LogP contribution < -0.4 is 5.73 Å². The lowest BCUT2D eigenvalue weighted by Crippen LogP contribution is -2.32. The summed E-state index contributed by atoms with van der Waals surface area (Å²) in [4.78, 5) is 22.2. The van der Waals surface area contributed by atoms with Crippen LogP contribution in [0.25, 0.3) is 0 Å². The van der Waals surface area contributed by atoms with Crippen molar-refractivity contribution in [2.75, 3.05) is 11.5 Å². The number of hydrogen-bond donors (Lipinski definition) is 4. The van der Waals surface area contributed by atoms with Gasteiger partial charge in [-0.05, 0) is 12.3 Å². The number of aliphatic carboxylic acids is 1. The topological polar surface area (TPSA) is 80.4 Å². The van der Waals surface area contributed by atoms with Gasteiger partial charge in [0, 0.05) is 23.8 Å². The fraction of sp³-hybridized carbons (Fsp3) is 0.800. The standard InChI is InChI=1S/C10H19NO3S2/c1-6(2-8(11)10(13)14)3-9(12)7(4-15)5-16/h6-8,15-16H,2-5,11H2,1H3,(H,13,14)/t6?,8-/m0/s1. The SMILES string of the molecule is CC(CC(=O)C(CS)CS)C[C@H](N)C(=O)O. The summed E-state index contributed by atoms with van der Waals surface area (Å²) in [5, 5.41) is 8.63. The summed E-state index contributed by atoms with van der Waals surface area (Å²) in [5.41, 5.74) is 5.39. The first-order chi connectivity index (χ1) is 7.42. The minimum Gasteiger partial charge on any atom is -0.480 e. The smallest absolute Gasteiger partial charge is 0.320 e. The summed E-state index contributed by atoms with van der Waals surface area (Å²) in [7, 11) is 0. The Labute approximate surface area is 107 Å². The van der Waals surface area contributed by atoms with E-state index in [0.717, 1.165) is 0 Å². The lowest BCUT2D eigenvalue weighted by molar-refractivity contribution is -0.139. The van der Waals surface area contributed by atoms with Gasteiger partial charge in [0.25, 0.3) is 0 Å². The third-order valence-corrected chi connectivity index (χ3v) is 3.30.